The van der Waals surface area contributed by atoms with E-state index in [4.69, 9.17) is 27.9 Å². The summed E-state index contributed by atoms with van der Waals surface area (Å²) in [6.45, 7) is 0. The predicted octanol–water partition coefficient (Wildman–Crippen LogP) is 6.67. The van der Waals surface area contributed by atoms with Gasteiger partial charge in [-0.2, -0.15) is 0 Å². The average Bonchev–Trinajstić information content (AvgIpc) is 3.37. The Balaban J connectivity index is 1.80. The quantitative estimate of drug-likeness (QED) is 0.499. The SMILES string of the molecule is COc1cccc(C2[C@@H](c3ccccc3Cl)[C@@H]2c2ccccc2Cl)c1. The summed E-state index contributed by atoms with van der Waals surface area (Å²) in [5.74, 6) is 1.86. The van der Waals surface area contributed by atoms with E-state index in [1.807, 2.05) is 48.5 Å². The summed E-state index contributed by atoms with van der Waals surface area (Å²) >= 11 is 13.0. The molecule has 0 unspecified atom stereocenters. The van der Waals surface area contributed by atoms with Crippen molar-refractivity contribution in [2.24, 2.45) is 0 Å². The monoisotopic (exact) mass is 368 g/mol. The van der Waals surface area contributed by atoms with E-state index < -0.39 is 0 Å². The first kappa shape index (κ1) is 16.5. The molecule has 0 amide bonds. The van der Waals surface area contributed by atoms with Crippen LogP contribution in [-0.4, -0.2) is 7.11 Å². The minimum absolute atomic E-state index is 0.320. The molecular weight excluding hydrogens is 351 g/mol. The minimum atomic E-state index is 0.320. The largest absolute Gasteiger partial charge is 0.497 e. The number of rotatable bonds is 4. The normalized spacial score (nSPS) is 21.8. The molecule has 4 rings (SSSR count). The molecule has 1 aliphatic rings. The molecule has 0 spiro atoms. The van der Waals surface area contributed by atoms with E-state index in [2.05, 4.69) is 24.3 Å². The van der Waals surface area contributed by atoms with Crippen LogP contribution in [0.15, 0.2) is 72.8 Å². The Bertz CT molecular complexity index is 854. The fraction of sp³-hybridized carbons (Fsp3) is 0.182. The zero-order chi connectivity index (χ0) is 17.4. The molecule has 126 valence electrons. The smallest absolute Gasteiger partial charge is 0.119 e. The lowest BCUT2D eigenvalue weighted by atomic mass is 10.0. The van der Waals surface area contributed by atoms with Crippen molar-refractivity contribution in [3.8, 4) is 5.75 Å². The summed E-state index contributed by atoms with van der Waals surface area (Å²) in [5, 5.41) is 1.63. The zero-order valence-electron chi connectivity index (χ0n) is 13.8. The molecule has 0 aromatic heterocycles. The maximum absolute atomic E-state index is 6.51. The van der Waals surface area contributed by atoms with Gasteiger partial charge in [0, 0.05) is 21.9 Å². The lowest BCUT2D eigenvalue weighted by molar-refractivity contribution is 0.414. The molecule has 3 aromatic carbocycles. The zero-order valence-corrected chi connectivity index (χ0v) is 15.3. The van der Waals surface area contributed by atoms with Crippen LogP contribution in [0.4, 0.5) is 0 Å². The average molecular weight is 369 g/mol. The third-order valence-corrected chi connectivity index (χ3v) is 5.72. The van der Waals surface area contributed by atoms with Gasteiger partial charge in [-0.15, -0.1) is 0 Å². The summed E-state index contributed by atoms with van der Waals surface area (Å²) in [5.41, 5.74) is 3.62. The van der Waals surface area contributed by atoms with Gasteiger partial charge in [0.2, 0.25) is 0 Å². The number of methoxy groups -OCH3 is 1. The molecule has 0 heterocycles. The van der Waals surface area contributed by atoms with E-state index >= 15 is 0 Å². The Morgan fingerprint density at radius 3 is 1.76 bits per heavy atom. The number of halogens is 2. The van der Waals surface area contributed by atoms with Gasteiger partial charge in [0.25, 0.3) is 0 Å². The van der Waals surface area contributed by atoms with Gasteiger partial charge in [0.05, 0.1) is 7.11 Å². The molecule has 0 aliphatic heterocycles. The molecule has 25 heavy (non-hydrogen) atoms. The highest BCUT2D eigenvalue weighted by molar-refractivity contribution is 6.32. The fourth-order valence-corrected chi connectivity index (χ4v) is 4.36. The van der Waals surface area contributed by atoms with Crippen molar-refractivity contribution in [3.63, 3.8) is 0 Å². The lowest BCUT2D eigenvalue weighted by Gasteiger charge is -2.05. The highest BCUT2D eigenvalue weighted by Crippen LogP contribution is 2.67. The molecule has 0 N–H and O–H groups in total. The van der Waals surface area contributed by atoms with Gasteiger partial charge in [-0.25, -0.2) is 0 Å². The highest BCUT2D eigenvalue weighted by Gasteiger charge is 2.53. The molecule has 3 aromatic rings. The van der Waals surface area contributed by atoms with Gasteiger partial charge in [0.1, 0.15) is 5.75 Å². The van der Waals surface area contributed by atoms with Crippen LogP contribution in [0.1, 0.15) is 34.4 Å². The van der Waals surface area contributed by atoms with Crippen LogP contribution in [0.25, 0.3) is 0 Å². The van der Waals surface area contributed by atoms with Crippen LogP contribution in [0, 0.1) is 0 Å². The second-order valence-electron chi connectivity index (χ2n) is 6.40. The Kier molecular flexibility index (Phi) is 4.45. The molecule has 2 atom stereocenters. The van der Waals surface area contributed by atoms with Crippen LogP contribution in [0.2, 0.25) is 10.0 Å². The summed E-state index contributed by atoms with van der Waals surface area (Å²) < 4.78 is 5.41. The molecule has 1 nitrogen and oxygen atoms in total. The summed E-state index contributed by atoms with van der Waals surface area (Å²) in [6.07, 6.45) is 0. The topological polar surface area (TPSA) is 9.23 Å². The summed E-state index contributed by atoms with van der Waals surface area (Å²) in [6, 6.07) is 24.5. The maximum Gasteiger partial charge on any atom is 0.119 e. The molecule has 1 saturated carbocycles. The van der Waals surface area contributed by atoms with Crippen molar-refractivity contribution >= 4 is 23.2 Å². The van der Waals surface area contributed by atoms with Crippen LogP contribution in [-0.2, 0) is 0 Å². The fourth-order valence-electron chi connectivity index (χ4n) is 3.84. The van der Waals surface area contributed by atoms with Crippen LogP contribution in [0.3, 0.4) is 0 Å². The van der Waals surface area contributed by atoms with E-state index in [-0.39, 0.29) is 0 Å². The molecule has 1 fully saturated rings. The van der Waals surface area contributed by atoms with Crippen molar-refractivity contribution in [2.75, 3.05) is 7.11 Å². The number of hydrogen-bond acceptors (Lipinski definition) is 1. The Morgan fingerprint density at radius 1 is 0.680 bits per heavy atom. The molecular formula is C22H18Cl2O. The van der Waals surface area contributed by atoms with Crippen LogP contribution in [0.5, 0.6) is 5.75 Å². The Labute approximate surface area is 158 Å². The van der Waals surface area contributed by atoms with Crippen molar-refractivity contribution < 1.29 is 4.74 Å². The van der Waals surface area contributed by atoms with Gasteiger partial charge >= 0.3 is 0 Å². The van der Waals surface area contributed by atoms with E-state index in [1.165, 1.54) is 16.7 Å². The van der Waals surface area contributed by atoms with Gasteiger partial charge < -0.3 is 4.74 Å². The van der Waals surface area contributed by atoms with Gasteiger partial charge in [0.15, 0.2) is 0 Å². The number of benzene rings is 3. The standard InChI is InChI=1S/C22H18Cl2O/c1-25-15-8-6-7-14(13-15)20-21(16-9-2-4-11-18(16)23)22(20)17-10-3-5-12-19(17)24/h2-13,20-22H,1H3/t21-,22-/m1/s1. The van der Waals surface area contributed by atoms with Crippen molar-refractivity contribution in [1.29, 1.82) is 0 Å². The van der Waals surface area contributed by atoms with Gasteiger partial charge in [-0.3, -0.25) is 0 Å². The molecule has 1 aliphatic carbocycles. The van der Waals surface area contributed by atoms with Gasteiger partial charge in [-0.1, -0.05) is 71.7 Å². The predicted molar refractivity (Wildman–Crippen MR) is 104 cm³/mol. The third-order valence-electron chi connectivity index (χ3n) is 5.03. The molecule has 3 heteroatoms. The lowest BCUT2D eigenvalue weighted by Crippen LogP contribution is -1.88. The maximum atomic E-state index is 6.51. The van der Waals surface area contributed by atoms with Crippen LogP contribution < -0.4 is 4.74 Å². The highest BCUT2D eigenvalue weighted by atomic mass is 35.5. The minimum Gasteiger partial charge on any atom is -0.497 e. The second-order valence-corrected chi connectivity index (χ2v) is 7.21. The van der Waals surface area contributed by atoms with Crippen molar-refractivity contribution in [3.05, 3.63) is 99.5 Å². The van der Waals surface area contributed by atoms with Crippen LogP contribution >= 0.6 is 23.2 Å². The molecule has 0 bridgehead atoms. The first-order chi connectivity index (χ1) is 12.2. The molecule has 0 saturated heterocycles. The van der Waals surface area contributed by atoms with E-state index in [1.54, 1.807) is 7.11 Å². The first-order valence-corrected chi connectivity index (χ1v) is 9.09. The van der Waals surface area contributed by atoms with E-state index in [0.29, 0.717) is 17.8 Å². The molecule has 0 radical (unpaired) electrons. The first-order valence-electron chi connectivity index (χ1n) is 8.33. The number of ether oxygens (including phenoxy) is 1. The number of hydrogen-bond donors (Lipinski definition) is 0. The summed E-state index contributed by atoms with van der Waals surface area (Å²) in [7, 11) is 1.70. The van der Waals surface area contributed by atoms with E-state index in [9.17, 15) is 0 Å². The third kappa shape index (κ3) is 3.03. The Hall–Kier alpha value is -1.96. The summed E-state index contributed by atoms with van der Waals surface area (Å²) in [4.78, 5) is 0. The Morgan fingerprint density at radius 2 is 1.24 bits per heavy atom. The van der Waals surface area contributed by atoms with E-state index in [0.717, 1.165) is 15.8 Å². The second kappa shape index (κ2) is 6.74. The van der Waals surface area contributed by atoms with Gasteiger partial charge in [-0.05, 0) is 46.9 Å². The van der Waals surface area contributed by atoms with Crippen molar-refractivity contribution in [1.82, 2.24) is 0 Å². The van der Waals surface area contributed by atoms with Crippen molar-refractivity contribution in [2.45, 2.75) is 17.8 Å².